The van der Waals surface area contributed by atoms with Gasteiger partial charge in [-0.3, -0.25) is 9.69 Å². The lowest BCUT2D eigenvalue weighted by atomic mass is 10.1. The molecule has 6 nitrogen and oxygen atoms in total. The fourth-order valence-electron chi connectivity index (χ4n) is 3.27. The zero-order chi connectivity index (χ0) is 20.1. The number of rotatable bonds is 5. The Bertz CT molecular complexity index is 904. The second-order valence-corrected chi connectivity index (χ2v) is 8.79. The lowest BCUT2D eigenvalue weighted by Gasteiger charge is -2.28. The van der Waals surface area contributed by atoms with Crippen molar-refractivity contribution in [1.29, 1.82) is 0 Å². The number of carbonyl (C=O) groups is 1. The third-order valence-corrected chi connectivity index (χ3v) is 6.57. The Kier molecular flexibility index (Phi) is 6.43. The molecule has 2 aromatic carbocycles. The molecule has 1 unspecified atom stereocenters. The third-order valence-electron chi connectivity index (χ3n) is 4.78. The van der Waals surface area contributed by atoms with Crippen LogP contribution < -0.4 is 0 Å². The van der Waals surface area contributed by atoms with E-state index in [0.29, 0.717) is 18.7 Å². The van der Waals surface area contributed by atoms with E-state index >= 15 is 0 Å². The van der Waals surface area contributed by atoms with Gasteiger partial charge in [0, 0.05) is 26.2 Å². The van der Waals surface area contributed by atoms with Crippen LogP contribution in [-0.4, -0.2) is 55.6 Å². The Balaban J connectivity index is 1.87. The predicted octanol–water partition coefficient (Wildman–Crippen LogP) is 2.01. The van der Waals surface area contributed by atoms with Gasteiger partial charge >= 0.3 is 5.97 Å². The van der Waals surface area contributed by atoms with E-state index in [9.17, 15) is 17.6 Å². The van der Waals surface area contributed by atoms with Crippen LogP contribution in [0.15, 0.2) is 54.6 Å². The first-order chi connectivity index (χ1) is 13.4. The molecule has 1 aliphatic heterocycles. The van der Waals surface area contributed by atoms with Gasteiger partial charge in [0.15, 0.2) is 0 Å². The molecule has 0 spiro atoms. The average molecular weight is 406 g/mol. The van der Waals surface area contributed by atoms with Crippen molar-refractivity contribution in [3.05, 3.63) is 71.5 Å². The standard InChI is InChI=1S/C20H23FN2O4S/c1-27-20(24)19-15-22(13-16-5-3-2-4-6-16)11-12-28(25,26)23(19)14-17-7-9-18(21)10-8-17/h2-10,19H,11-15H2,1H3. The van der Waals surface area contributed by atoms with E-state index in [4.69, 9.17) is 4.74 Å². The van der Waals surface area contributed by atoms with Gasteiger partial charge in [-0.2, -0.15) is 4.31 Å². The molecule has 0 saturated carbocycles. The molecule has 150 valence electrons. The van der Waals surface area contributed by atoms with Crippen molar-refractivity contribution >= 4 is 16.0 Å². The van der Waals surface area contributed by atoms with E-state index in [2.05, 4.69) is 0 Å². The van der Waals surface area contributed by atoms with Gasteiger partial charge in [0.2, 0.25) is 10.0 Å². The smallest absolute Gasteiger partial charge is 0.325 e. The minimum Gasteiger partial charge on any atom is -0.468 e. The largest absolute Gasteiger partial charge is 0.468 e. The summed E-state index contributed by atoms with van der Waals surface area (Å²) in [7, 11) is -2.45. The summed E-state index contributed by atoms with van der Waals surface area (Å²) >= 11 is 0. The summed E-state index contributed by atoms with van der Waals surface area (Å²) in [6.45, 7) is 1.06. The molecule has 1 saturated heterocycles. The topological polar surface area (TPSA) is 66.9 Å². The van der Waals surface area contributed by atoms with Gasteiger partial charge in [0.05, 0.1) is 12.9 Å². The summed E-state index contributed by atoms with van der Waals surface area (Å²) in [6.07, 6.45) is 0. The molecular formula is C20H23FN2O4S. The minimum atomic E-state index is -3.70. The van der Waals surface area contributed by atoms with Gasteiger partial charge in [-0.1, -0.05) is 42.5 Å². The lowest BCUT2D eigenvalue weighted by Crippen LogP contribution is -2.48. The molecule has 2 aromatic rings. The summed E-state index contributed by atoms with van der Waals surface area (Å²) in [5.41, 5.74) is 1.64. The van der Waals surface area contributed by atoms with Gasteiger partial charge in [0.25, 0.3) is 0 Å². The zero-order valence-corrected chi connectivity index (χ0v) is 16.4. The number of esters is 1. The van der Waals surface area contributed by atoms with Crippen LogP contribution in [0, 0.1) is 5.82 Å². The molecular weight excluding hydrogens is 383 g/mol. The molecule has 8 heteroatoms. The molecule has 0 bridgehead atoms. The Morgan fingerprint density at radius 1 is 1.07 bits per heavy atom. The molecule has 1 aliphatic rings. The Morgan fingerprint density at radius 2 is 1.71 bits per heavy atom. The minimum absolute atomic E-state index is 0.0123. The quantitative estimate of drug-likeness (QED) is 0.711. The van der Waals surface area contributed by atoms with Crippen LogP contribution in [-0.2, 0) is 32.6 Å². The fraction of sp³-hybridized carbons (Fsp3) is 0.350. The molecule has 0 amide bonds. The van der Waals surface area contributed by atoms with Gasteiger partial charge in [0.1, 0.15) is 11.9 Å². The first-order valence-corrected chi connectivity index (χ1v) is 10.6. The van der Waals surface area contributed by atoms with E-state index in [0.717, 1.165) is 5.56 Å². The van der Waals surface area contributed by atoms with Crippen molar-refractivity contribution in [1.82, 2.24) is 9.21 Å². The van der Waals surface area contributed by atoms with Crippen LogP contribution in [0.1, 0.15) is 11.1 Å². The highest BCUT2D eigenvalue weighted by molar-refractivity contribution is 7.89. The van der Waals surface area contributed by atoms with E-state index in [1.54, 1.807) is 0 Å². The van der Waals surface area contributed by atoms with E-state index in [-0.39, 0.29) is 18.8 Å². The molecule has 1 atom stereocenters. The van der Waals surface area contributed by atoms with Crippen LogP contribution in [0.25, 0.3) is 0 Å². The monoisotopic (exact) mass is 406 g/mol. The second kappa shape index (κ2) is 8.81. The van der Waals surface area contributed by atoms with Crippen LogP contribution in [0.4, 0.5) is 4.39 Å². The van der Waals surface area contributed by atoms with Crippen molar-refractivity contribution in [3.63, 3.8) is 0 Å². The summed E-state index contributed by atoms with van der Waals surface area (Å²) in [5.74, 6) is -1.11. The first kappa shape index (κ1) is 20.4. The number of methoxy groups -OCH3 is 1. The van der Waals surface area contributed by atoms with E-state index in [1.807, 2.05) is 35.2 Å². The highest BCUT2D eigenvalue weighted by atomic mass is 32.2. The zero-order valence-electron chi connectivity index (χ0n) is 15.6. The lowest BCUT2D eigenvalue weighted by molar-refractivity contribution is -0.145. The van der Waals surface area contributed by atoms with E-state index in [1.165, 1.54) is 35.7 Å². The summed E-state index contributed by atoms with van der Waals surface area (Å²) in [6, 6.07) is 14.3. The number of halogens is 1. The number of sulfonamides is 1. The third kappa shape index (κ3) is 4.95. The highest BCUT2D eigenvalue weighted by Gasteiger charge is 2.39. The van der Waals surface area contributed by atoms with Crippen molar-refractivity contribution in [2.45, 2.75) is 19.1 Å². The number of ether oxygens (including phenoxy) is 1. The van der Waals surface area contributed by atoms with Gasteiger partial charge < -0.3 is 4.74 Å². The average Bonchev–Trinajstić information content (AvgIpc) is 2.81. The Labute approximate surface area is 164 Å². The predicted molar refractivity (Wildman–Crippen MR) is 103 cm³/mol. The van der Waals surface area contributed by atoms with Crippen LogP contribution in [0.3, 0.4) is 0 Å². The molecule has 1 heterocycles. The number of nitrogens with zero attached hydrogens (tertiary/aromatic N) is 2. The SMILES string of the molecule is COC(=O)C1CN(Cc2ccccc2)CCS(=O)(=O)N1Cc1ccc(F)cc1. The Morgan fingerprint density at radius 3 is 2.36 bits per heavy atom. The van der Waals surface area contributed by atoms with Crippen LogP contribution in [0.2, 0.25) is 0 Å². The maximum absolute atomic E-state index is 13.2. The first-order valence-electron chi connectivity index (χ1n) is 8.97. The molecule has 0 N–H and O–H groups in total. The van der Waals surface area contributed by atoms with Crippen LogP contribution in [0.5, 0.6) is 0 Å². The summed E-state index contributed by atoms with van der Waals surface area (Å²) in [4.78, 5) is 14.4. The molecule has 0 aliphatic carbocycles. The number of hydrogen-bond donors (Lipinski definition) is 0. The van der Waals surface area contributed by atoms with E-state index < -0.39 is 27.9 Å². The van der Waals surface area contributed by atoms with Gasteiger partial charge in [-0.25, -0.2) is 12.8 Å². The highest BCUT2D eigenvalue weighted by Crippen LogP contribution is 2.21. The molecule has 0 radical (unpaired) electrons. The van der Waals surface area contributed by atoms with Gasteiger partial charge in [-0.05, 0) is 23.3 Å². The van der Waals surface area contributed by atoms with Crippen molar-refractivity contribution in [2.75, 3.05) is 26.0 Å². The molecule has 1 fully saturated rings. The van der Waals surface area contributed by atoms with Gasteiger partial charge in [-0.15, -0.1) is 0 Å². The second-order valence-electron chi connectivity index (χ2n) is 6.75. The maximum atomic E-state index is 13.2. The van der Waals surface area contributed by atoms with Crippen molar-refractivity contribution in [2.24, 2.45) is 0 Å². The van der Waals surface area contributed by atoms with Crippen LogP contribution >= 0.6 is 0 Å². The van der Waals surface area contributed by atoms with Crippen molar-refractivity contribution in [3.8, 4) is 0 Å². The maximum Gasteiger partial charge on any atom is 0.325 e. The number of benzene rings is 2. The fourth-order valence-corrected chi connectivity index (χ4v) is 4.88. The molecule has 0 aromatic heterocycles. The Hall–Kier alpha value is -2.29. The molecule has 3 rings (SSSR count). The summed E-state index contributed by atoms with van der Waals surface area (Å²) < 4.78 is 45.1. The number of carbonyl (C=O) groups excluding carboxylic acids is 1. The van der Waals surface area contributed by atoms with Crippen molar-refractivity contribution < 1.29 is 22.3 Å². The normalized spacial score (nSPS) is 20.4. The molecule has 28 heavy (non-hydrogen) atoms. The summed E-state index contributed by atoms with van der Waals surface area (Å²) in [5, 5.41) is 0. The number of hydrogen-bond acceptors (Lipinski definition) is 5.